The molecule has 0 spiro atoms. The molecule has 192 valence electrons. The van der Waals surface area contributed by atoms with Gasteiger partial charge in [-0.3, -0.25) is 15.1 Å². The zero-order valence-corrected chi connectivity index (χ0v) is 20.6. The fourth-order valence-electron chi connectivity index (χ4n) is 3.12. The third-order valence-electron chi connectivity index (χ3n) is 4.88. The van der Waals surface area contributed by atoms with Crippen molar-refractivity contribution in [3.63, 3.8) is 0 Å². The summed E-state index contributed by atoms with van der Waals surface area (Å²) in [5.74, 6) is -0.964. The average molecular weight is 538 g/mol. The van der Waals surface area contributed by atoms with Crippen LogP contribution in [0.3, 0.4) is 0 Å². The minimum atomic E-state index is -1.21. The molecular formula is C23H25Cl2N5O6. The predicted octanol–water partition coefficient (Wildman–Crippen LogP) is 2.44. The highest BCUT2D eigenvalue weighted by molar-refractivity contribution is 6.35. The van der Waals surface area contributed by atoms with Crippen LogP contribution in [0.25, 0.3) is 11.3 Å². The third kappa shape index (κ3) is 7.98. The number of pyridine rings is 1. The van der Waals surface area contributed by atoms with Crippen molar-refractivity contribution < 1.29 is 29.0 Å². The van der Waals surface area contributed by atoms with Crippen molar-refractivity contribution in [2.75, 3.05) is 38.2 Å². The number of aliphatic hydroxyl groups excluding tert-OH is 1. The number of nitrogens with one attached hydrogen (secondary N) is 3. The van der Waals surface area contributed by atoms with Gasteiger partial charge in [0.15, 0.2) is 5.76 Å². The maximum absolute atomic E-state index is 13.0. The van der Waals surface area contributed by atoms with Crippen molar-refractivity contribution in [1.82, 2.24) is 20.6 Å². The van der Waals surface area contributed by atoms with Gasteiger partial charge in [0.05, 0.1) is 49.3 Å². The zero-order chi connectivity index (χ0) is 25.9. The Balaban J connectivity index is 1.67. The van der Waals surface area contributed by atoms with Gasteiger partial charge in [-0.25, -0.2) is 9.78 Å². The zero-order valence-electron chi connectivity index (χ0n) is 19.0. The topological polar surface area (TPSA) is 159 Å². The molecule has 3 rings (SSSR count). The van der Waals surface area contributed by atoms with E-state index in [2.05, 4.69) is 25.9 Å². The summed E-state index contributed by atoms with van der Waals surface area (Å²) < 4.78 is 11.0. The molecule has 1 amide bonds. The van der Waals surface area contributed by atoms with Gasteiger partial charge in [0.1, 0.15) is 5.56 Å². The number of aromatic carboxylic acids is 1. The summed E-state index contributed by atoms with van der Waals surface area (Å²) in [5.41, 5.74) is 0.570. The number of halogens is 2. The Bertz CT molecular complexity index is 1180. The second kappa shape index (κ2) is 13.9. The molecule has 0 radical (unpaired) electrons. The van der Waals surface area contributed by atoms with Crippen molar-refractivity contribution >= 4 is 40.8 Å². The highest BCUT2D eigenvalue weighted by Gasteiger charge is 2.21. The molecule has 1 unspecified atom stereocenters. The van der Waals surface area contributed by atoms with Gasteiger partial charge in [0.2, 0.25) is 11.8 Å². The van der Waals surface area contributed by atoms with Crippen LogP contribution in [0.15, 0.2) is 47.3 Å². The summed E-state index contributed by atoms with van der Waals surface area (Å²) >= 11 is 12.3. The van der Waals surface area contributed by atoms with Crippen molar-refractivity contribution in [3.8, 4) is 11.3 Å². The number of nitrogens with zero attached hydrogens (tertiary/aromatic N) is 2. The van der Waals surface area contributed by atoms with Crippen LogP contribution in [-0.2, 0) is 16.1 Å². The van der Waals surface area contributed by atoms with Crippen LogP contribution in [0, 0.1) is 0 Å². The van der Waals surface area contributed by atoms with E-state index in [0.717, 1.165) is 6.20 Å². The summed E-state index contributed by atoms with van der Waals surface area (Å²) in [5, 5.41) is 27.9. The molecule has 2 heterocycles. The Labute approximate surface area is 216 Å². The second-order valence-corrected chi connectivity index (χ2v) is 8.28. The lowest BCUT2D eigenvalue weighted by Crippen LogP contribution is -2.47. The smallest absolute Gasteiger partial charge is 0.339 e. The molecule has 13 heteroatoms. The van der Waals surface area contributed by atoms with E-state index >= 15 is 0 Å². The lowest BCUT2D eigenvalue weighted by Gasteiger charge is -2.19. The molecule has 1 atom stereocenters. The molecule has 36 heavy (non-hydrogen) atoms. The Hall–Kier alpha value is -3.06. The fraction of sp³-hybridized carbons (Fsp3) is 0.304. The normalized spacial score (nSPS) is 11.9. The molecule has 3 aromatic rings. The number of rotatable bonds is 14. The van der Waals surface area contributed by atoms with Gasteiger partial charge >= 0.3 is 5.97 Å². The molecule has 0 saturated carbocycles. The first-order valence-corrected chi connectivity index (χ1v) is 11.7. The molecular weight excluding hydrogens is 513 g/mol. The second-order valence-electron chi connectivity index (χ2n) is 7.43. The third-order valence-corrected chi connectivity index (χ3v) is 5.44. The van der Waals surface area contributed by atoms with Gasteiger partial charge < -0.3 is 30.0 Å². The van der Waals surface area contributed by atoms with E-state index in [-0.39, 0.29) is 37.6 Å². The number of aromatic nitrogens is 2. The van der Waals surface area contributed by atoms with Crippen LogP contribution < -0.4 is 16.0 Å². The Morgan fingerprint density at radius 2 is 2.00 bits per heavy atom. The maximum atomic E-state index is 13.0. The number of benzene rings is 1. The maximum Gasteiger partial charge on any atom is 0.339 e. The van der Waals surface area contributed by atoms with Crippen LogP contribution >= 0.6 is 23.2 Å². The van der Waals surface area contributed by atoms with Crippen LogP contribution in [0.5, 0.6) is 0 Å². The number of aliphatic hydroxyl groups is 1. The highest BCUT2D eigenvalue weighted by atomic mass is 35.5. The van der Waals surface area contributed by atoms with Crippen LogP contribution in [0.2, 0.25) is 10.0 Å². The fourth-order valence-corrected chi connectivity index (χ4v) is 3.50. The first kappa shape index (κ1) is 27.5. The van der Waals surface area contributed by atoms with E-state index in [1.165, 1.54) is 18.5 Å². The van der Waals surface area contributed by atoms with E-state index in [9.17, 15) is 14.7 Å². The summed E-state index contributed by atoms with van der Waals surface area (Å²) in [6, 6.07) is 5.60. The summed E-state index contributed by atoms with van der Waals surface area (Å²) in [7, 11) is 0. The van der Waals surface area contributed by atoms with E-state index in [4.69, 9.17) is 37.5 Å². The van der Waals surface area contributed by atoms with Crippen molar-refractivity contribution in [2.24, 2.45) is 0 Å². The standard InChI is InChI=1S/C23H25Cl2N5O6/c24-14-1-2-17(25)15(9-14)20-12-29-21(36-20)13-28-19(11-27-5-7-35-8-6-31)22(32)30-18-3-4-26-10-16(18)23(33)34/h1-4,9-10,12,19,27-28,31H,5-8,11,13H2,(H,33,34)(H,26,30,32). The number of hydrogen-bond acceptors (Lipinski definition) is 9. The SMILES string of the molecule is O=C(O)c1cnccc1NC(=O)C(CNCCOCCO)NCc1ncc(-c2cc(Cl)ccc2Cl)o1. The van der Waals surface area contributed by atoms with E-state index in [1.54, 1.807) is 18.2 Å². The Morgan fingerprint density at radius 1 is 1.17 bits per heavy atom. The lowest BCUT2D eigenvalue weighted by molar-refractivity contribution is -0.118. The summed E-state index contributed by atoms with van der Waals surface area (Å²) in [4.78, 5) is 32.5. The van der Waals surface area contributed by atoms with Crippen LogP contribution in [0.4, 0.5) is 5.69 Å². The van der Waals surface area contributed by atoms with Crippen molar-refractivity contribution in [1.29, 1.82) is 0 Å². The number of carboxylic acids is 1. The van der Waals surface area contributed by atoms with Crippen LogP contribution in [-0.4, -0.2) is 71.0 Å². The average Bonchev–Trinajstić information content (AvgIpc) is 3.33. The Morgan fingerprint density at radius 3 is 2.78 bits per heavy atom. The Kier molecular flexibility index (Phi) is 10.6. The van der Waals surface area contributed by atoms with Gasteiger partial charge in [-0.2, -0.15) is 0 Å². The number of amides is 1. The van der Waals surface area contributed by atoms with Gasteiger partial charge in [-0.1, -0.05) is 23.2 Å². The number of ether oxygens (including phenoxy) is 1. The number of carbonyl (C=O) groups is 2. The van der Waals surface area contributed by atoms with Crippen molar-refractivity contribution in [2.45, 2.75) is 12.6 Å². The minimum absolute atomic E-state index is 0.0804. The van der Waals surface area contributed by atoms with E-state index in [0.29, 0.717) is 40.4 Å². The lowest BCUT2D eigenvalue weighted by atomic mass is 10.2. The van der Waals surface area contributed by atoms with Gasteiger partial charge in [0, 0.05) is 36.1 Å². The van der Waals surface area contributed by atoms with Gasteiger partial charge in [-0.05, 0) is 24.3 Å². The molecule has 1 aromatic carbocycles. The summed E-state index contributed by atoms with van der Waals surface area (Å²) in [6.45, 7) is 1.19. The van der Waals surface area contributed by atoms with Gasteiger partial charge in [0.25, 0.3) is 0 Å². The molecule has 0 saturated heterocycles. The van der Waals surface area contributed by atoms with Crippen molar-refractivity contribution in [3.05, 3.63) is 64.4 Å². The minimum Gasteiger partial charge on any atom is -0.478 e. The first-order chi connectivity index (χ1) is 17.4. The monoisotopic (exact) mass is 537 g/mol. The number of carbonyl (C=O) groups excluding carboxylic acids is 1. The van der Waals surface area contributed by atoms with E-state index < -0.39 is 17.9 Å². The van der Waals surface area contributed by atoms with Gasteiger partial charge in [-0.15, -0.1) is 0 Å². The number of hydrogen-bond donors (Lipinski definition) is 5. The number of anilines is 1. The highest BCUT2D eigenvalue weighted by Crippen LogP contribution is 2.31. The number of carboxylic acid groups (broad SMARTS) is 1. The molecule has 2 aromatic heterocycles. The molecule has 0 aliphatic carbocycles. The molecule has 0 fully saturated rings. The largest absolute Gasteiger partial charge is 0.478 e. The van der Waals surface area contributed by atoms with E-state index in [1.807, 2.05) is 0 Å². The first-order valence-electron chi connectivity index (χ1n) is 10.9. The quantitative estimate of drug-likeness (QED) is 0.193. The molecule has 0 aliphatic rings. The molecule has 0 aliphatic heterocycles. The number of oxazole rings is 1. The van der Waals surface area contributed by atoms with Crippen LogP contribution in [0.1, 0.15) is 16.2 Å². The molecule has 5 N–H and O–H groups in total. The predicted molar refractivity (Wildman–Crippen MR) is 133 cm³/mol. The molecule has 0 bridgehead atoms. The summed E-state index contributed by atoms with van der Waals surface area (Å²) in [6.07, 6.45) is 4.05. The molecule has 11 nitrogen and oxygen atoms in total.